The number of amides is 1. The number of nitrogens with one attached hydrogen (secondary N) is 2. The number of rotatable bonds is 12. The summed E-state index contributed by atoms with van der Waals surface area (Å²) in [6.07, 6.45) is 6.15. The van der Waals surface area contributed by atoms with Gasteiger partial charge in [-0.1, -0.05) is 60.7 Å². The van der Waals surface area contributed by atoms with E-state index in [2.05, 4.69) is 32.3 Å². The van der Waals surface area contributed by atoms with Gasteiger partial charge in [-0.3, -0.25) is 4.79 Å². The molecule has 2 N–H and O–H groups in total. The quantitative estimate of drug-likeness (QED) is 0.245. The highest BCUT2D eigenvalue weighted by Crippen LogP contribution is 2.28. The second kappa shape index (κ2) is 13.5. The van der Waals surface area contributed by atoms with Gasteiger partial charge in [0.2, 0.25) is 0 Å². The molecular weight excluding hydrogens is 496 g/mol. The van der Waals surface area contributed by atoms with Crippen molar-refractivity contribution in [2.75, 3.05) is 24.4 Å². The molecule has 1 amide bonds. The van der Waals surface area contributed by atoms with E-state index in [4.69, 9.17) is 4.74 Å². The van der Waals surface area contributed by atoms with Crippen molar-refractivity contribution >= 4 is 29.3 Å². The Morgan fingerprint density at radius 3 is 2.47 bits per heavy atom. The topological polar surface area (TPSA) is 85.2 Å². The number of methoxy groups -OCH3 is 1. The van der Waals surface area contributed by atoms with Gasteiger partial charge >= 0.3 is 5.97 Å². The molecule has 196 valence electrons. The fourth-order valence-corrected chi connectivity index (χ4v) is 4.65. The van der Waals surface area contributed by atoms with E-state index in [1.807, 2.05) is 79.4 Å². The largest absolute Gasteiger partial charge is 0.467 e. The van der Waals surface area contributed by atoms with Crippen molar-refractivity contribution in [3.8, 4) is 11.1 Å². The molecular formula is C30H32N4O3S. The predicted octanol–water partition coefficient (Wildman–Crippen LogP) is 5.24. The molecule has 38 heavy (non-hydrogen) atoms. The maximum Gasteiger partial charge on any atom is 0.328 e. The predicted molar refractivity (Wildman–Crippen MR) is 153 cm³/mol. The molecule has 0 fully saturated rings. The van der Waals surface area contributed by atoms with Crippen LogP contribution in [0.25, 0.3) is 11.1 Å². The SMILES string of the molecule is COC(=O)[C@H](CCSC)NC(=O)c1ccc(NCc2cncn2Cc2ccccc2)cc1-c1ccccc1. The zero-order chi connectivity index (χ0) is 26.7. The van der Waals surface area contributed by atoms with Gasteiger partial charge in [0.15, 0.2) is 0 Å². The number of aromatic nitrogens is 2. The summed E-state index contributed by atoms with van der Waals surface area (Å²) in [7, 11) is 1.34. The van der Waals surface area contributed by atoms with Crippen LogP contribution in [0.3, 0.4) is 0 Å². The van der Waals surface area contributed by atoms with Crippen LogP contribution in [0, 0.1) is 0 Å². The number of nitrogens with zero attached hydrogens (tertiary/aromatic N) is 2. The van der Waals surface area contributed by atoms with E-state index in [1.54, 1.807) is 17.8 Å². The minimum Gasteiger partial charge on any atom is -0.467 e. The van der Waals surface area contributed by atoms with Crippen molar-refractivity contribution in [2.24, 2.45) is 0 Å². The van der Waals surface area contributed by atoms with Crippen LogP contribution >= 0.6 is 11.8 Å². The standard InChI is InChI=1S/C30H32N4O3S/c1-37-30(36)28(15-16-38-2)33-29(35)26-14-13-24(17-27(26)23-11-7-4-8-12-23)32-19-25-18-31-21-34(25)20-22-9-5-3-6-10-22/h3-14,17-18,21,28,32H,15-16,19-20H2,1-2H3,(H,33,35)/t28-/m0/s1. The van der Waals surface area contributed by atoms with Crippen molar-refractivity contribution < 1.29 is 14.3 Å². The molecule has 7 nitrogen and oxygen atoms in total. The van der Waals surface area contributed by atoms with Crippen LogP contribution in [-0.2, 0) is 22.6 Å². The smallest absolute Gasteiger partial charge is 0.328 e. The molecule has 0 radical (unpaired) electrons. The zero-order valence-corrected chi connectivity index (χ0v) is 22.4. The molecule has 1 atom stereocenters. The summed E-state index contributed by atoms with van der Waals surface area (Å²) >= 11 is 1.61. The van der Waals surface area contributed by atoms with Crippen LogP contribution in [0.4, 0.5) is 5.69 Å². The molecule has 0 aliphatic carbocycles. The molecule has 8 heteroatoms. The molecule has 1 heterocycles. The van der Waals surface area contributed by atoms with E-state index in [1.165, 1.54) is 12.7 Å². The summed E-state index contributed by atoms with van der Waals surface area (Å²) in [6.45, 7) is 1.32. The Labute approximate surface area is 227 Å². The first-order valence-corrected chi connectivity index (χ1v) is 13.8. The minimum absolute atomic E-state index is 0.312. The highest BCUT2D eigenvalue weighted by molar-refractivity contribution is 7.98. The molecule has 0 saturated heterocycles. The number of imidazole rings is 1. The number of benzene rings is 3. The number of esters is 1. The van der Waals surface area contributed by atoms with Gasteiger partial charge in [-0.2, -0.15) is 11.8 Å². The number of hydrogen-bond acceptors (Lipinski definition) is 6. The first kappa shape index (κ1) is 27.0. The Bertz CT molecular complexity index is 1340. The van der Waals surface area contributed by atoms with E-state index in [-0.39, 0.29) is 5.91 Å². The van der Waals surface area contributed by atoms with Crippen molar-refractivity contribution in [3.63, 3.8) is 0 Å². The number of ether oxygens (including phenoxy) is 1. The second-order valence-corrected chi connectivity index (χ2v) is 9.79. The van der Waals surface area contributed by atoms with Crippen LogP contribution < -0.4 is 10.6 Å². The molecule has 0 spiro atoms. The minimum atomic E-state index is -0.703. The van der Waals surface area contributed by atoms with Gasteiger partial charge in [0.05, 0.1) is 25.7 Å². The lowest BCUT2D eigenvalue weighted by molar-refractivity contribution is -0.142. The number of carbonyl (C=O) groups is 2. The lowest BCUT2D eigenvalue weighted by Gasteiger charge is -2.18. The van der Waals surface area contributed by atoms with Crippen LogP contribution in [0.5, 0.6) is 0 Å². The molecule has 0 bridgehead atoms. The third-order valence-corrected chi connectivity index (χ3v) is 6.86. The number of hydrogen-bond donors (Lipinski definition) is 2. The lowest BCUT2D eigenvalue weighted by atomic mass is 9.98. The van der Waals surface area contributed by atoms with Crippen molar-refractivity contribution in [1.82, 2.24) is 14.9 Å². The van der Waals surface area contributed by atoms with E-state index < -0.39 is 12.0 Å². The third kappa shape index (κ3) is 7.04. The summed E-state index contributed by atoms with van der Waals surface area (Å²) in [5, 5.41) is 6.35. The number of carbonyl (C=O) groups excluding carboxylic acids is 2. The molecule has 0 aliphatic rings. The Morgan fingerprint density at radius 2 is 1.76 bits per heavy atom. The van der Waals surface area contributed by atoms with Crippen molar-refractivity contribution in [3.05, 3.63) is 108 Å². The fraction of sp³-hybridized carbons (Fsp3) is 0.233. The summed E-state index contributed by atoms with van der Waals surface area (Å²) in [5.74, 6) is -0.0260. The van der Waals surface area contributed by atoms with Crippen LogP contribution in [0.2, 0.25) is 0 Å². The van der Waals surface area contributed by atoms with Crippen molar-refractivity contribution in [1.29, 1.82) is 0 Å². The molecule has 0 unspecified atom stereocenters. The average molecular weight is 529 g/mol. The monoisotopic (exact) mass is 528 g/mol. The Morgan fingerprint density at radius 1 is 1.03 bits per heavy atom. The average Bonchev–Trinajstić information content (AvgIpc) is 3.41. The molecule has 0 aliphatic heterocycles. The maximum absolute atomic E-state index is 13.3. The summed E-state index contributed by atoms with van der Waals surface area (Å²) in [4.78, 5) is 30.0. The summed E-state index contributed by atoms with van der Waals surface area (Å²) < 4.78 is 7.03. The Hall–Kier alpha value is -4.04. The van der Waals surface area contributed by atoms with Crippen LogP contribution in [-0.4, -0.2) is 46.6 Å². The fourth-order valence-electron chi connectivity index (χ4n) is 4.18. The van der Waals surface area contributed by atoms with Crippen molar-refractivity contribution in [2.45, 2.75) is 25.6 Å². The molecule has 4 aromatic rings. The first-order chi connectivity index (χ1) is 18.6. The van der Waals surface area contributed by atoms with Gasteiger partial charge in [-0.25, -0.2) is 9.78 Å². The molecule has 4 rings (SSSR count). The van der Waals surface area contributed by atoms with Crippen LogP contribution in [0.15, 0.2) is 91.4 Å². The molecule has 0 saturated carbocycles. The Kier molecular flexibility index (Phi) is 9.59. The van der Waals surface area contributed by atoms with E-state index >= 15 is 0 Å². The van der Waals surface area contributed by atoms with Gasteiger partial charge in [0.1, 0.15) is 6.04 Å². The number of thioether (sulfide) groups is 1. The van der Waals surface area contributed by atoms with E-state index in [0.29, 0.717) is 18.5 Å². The highest BCUT2D eigenvalue weighted by Gasteiger charge is 2.23. The second-order valence-electron chi connectivity index (χ2n) is 8.81. The molecule has 1 aromatic heterocycles. The lowest BCUT2D eigenvalue weighted by Crippen LogP contribution is -2.42. The number of anilines is 1. The van der Waals surface area contributed by atoms with Gasteiger partial charge in [0.25, 0.3) is 5.91 Å². The third-order valence-electron chi connectivity index (χ3n) is 6.22. The maximum atomic E-state index is 13.3. The van der Waals surface area contributed by atoms with Crippen LogP contribution in [0.1, 0.15) is 28.0 Å². The van der Waals surface area contributed by atoms with E-state index in [9.17, 15) is 9.59 Å². The molecule has 3 aromatic carbocycles. The van der Waals surface area contributed by atoms with Gasteiger partial charge in [-0.05, 0) is 53.3 Å². The van der Waals surface area contributed by atoms with Gasteiger partial charge in [-0.15, -0.1) is 0 Å². The van der Waals surface area contributed by atoms with E-state index in [0.717, 1.165) is 34.8 Å². The highest BCUT2D eigenvalue weighted by atomic mass is 32.2. The summed E-state index contributed by atoms with van der Waals surface area (Å²) in [6, 6.07) is 25.0. The van der Waals surface area contributed by atoms with Gasteiger partial charge < -0.3 is 19.9 Å². The van der Waals surface area contributed by atoms with Gasteiger partial charge in [0, 0.05) is 24.0 Å². The Balaban J connectivity index is 1.55. The normalized spacial score (nSPS) is 11.5. The first-order valence-electron chi connectivity index (χ1n) is 12.4. The summed E-state index contributed by atoms with van der Waals surface area (Å²) in [5.41, 5.74) is 5.31. The zero-order valence-electron chi connectivity index (χ0n) is 21.6.